The summed E-state index contributed by atoms with van der Waals surface area (Å²) in [4.78, 5) is 6.23. The normalized spacial score (nSPS) is 12.3. The van der Waals surface area contributed by atoms with E-state index < -0.39 is 0 Å². The number of thiophene rings is 1. The number of rotatable bonds is 6. The van der Waals surface area contributed by atoms with E-state index >= 15 is 0 Å². The van der Waals surface area contributed by atoms with Crippen molar-refractivity contribution in [2.45, 2.75) is 33.4 Å². The summed E-state index contributed by atoms with van der Waals surface area (Å²) in [5.74, 6) is 0. The lowest BCUT2D eigenvalue weighted by molar-refractivity contribution is 0.760. The first kappa shape index (κ1) is 18.0. The Balaban J connectivity index is 1.55. The lowest BCUT2D eigenvalue weighted by Crippen LogP contribution is -2.06. The summed E-state index contributed by atoms with van der Waals surface area (Å²) >= 11 is 3.47. The number of aryl methyl sites for hydroxylation is 1. The molecule has 138 valence electrons. The van der Waals surface area contributed by atoms with Crippen LogP contribution in [0.15, 0.2) is 59.3 Å². The molecule has 4 aromatic rings. The minimum Gasteiger partial charge on any atom is -0.355 e. The number of nitrogens with one attached hydrogen (secondary N) is 1. The Hall–Kier alpha value is -2.37. The van der Waals surface area contributed by atoms with E-state index in [1.54, 1.807) is 22.7 Å². The zero-order chi connectivity index (χ0) is 18.8. The predicted octanol–water partition coefficient (Wildman–Crippen LogP) is 6.51. The van der Waals surface area contributed by atoms with Crippen LogP contribution in [0.3, 0.4) is 0 Å². The summed E-state index contributed by atoms with van der Waals surface area (Å²) in [5, 5.41) is 8.78. The number of nitrogens with zero attached hydrogens (tertiary/aromatic N) is 2. The van der Waals surface area contributed by atoms with Gasteiger partial charge in [-0.1, -0.05) is 36.4 Å². The van der Waals surface area contributed by atoms with Gasteiger partial charge in [-0.3, -0.25) is 0 Å². The van der Waals surface area contributed by atoms with Crippen LogP contribution in [-0.4, -0.2) is 9.55 Å². The monoisotopic (exact) mass is 393 g/mol. The van der Waals surface area contributed by atoms with Crippen LogP contribution in [0.4, 0.5) is 5.13 Å². The molecule has 3 aromatic heterocycles. The van der Waals surface area contributed by atoms with Gasteiger partial charge in [0.1, 0.15) is 0 Å². The average molecular weight is 394 g/mol. The number of hydrogen-bond acceptors (Lipinski definition) is 4. The Kier molecular flexibility index (Phi) is 5.14. The molecule has 1 aromatic carbocycles. The highest BCUT2D eigenvalue weighted by molar-refractivity contribution is 7.14. The van der Waals surface area contributed by atoms with Crippen molar-refractivity contribution in [1.82, 2.24) is 9.55 Å². The van der Waals surface area contributed by atoms with Crippen LogP contribution in [0.5, 0.6) is 0 Å². The summed E-state index contributed by atoms with van der Waals surface area (Å²) in [6.45, 7) is 7.46. The van der Waals surface area contributed by atoms with Gasteiger partial charge in [-0.05, 0) is 43.8 Å². The van der Waals surface area contributed by atoms with Crippen LogP contribution in [0.2, 0.25) is 0 Å². The molecule has 3 heterocycles. The van der Waals surface area contributed by atoms with E-state index in [1.165, 1.54) is 27.4 Å². The van der Waals surface area contributed by atoms with Gasteiger partial charge in [0.05, 0.1) is 18.3 Å². The molecule has 0 aliphatic rings. The maximum absolute atomic E-state index is 4.85. The molecule has 0 fully saturated rings. The van der Waals surface area contributed by atoms with Crippen LogP contribution in [0, 0.1) is 13.8 Å². The maximum atomic E-state index is 4.85. The molecule has 0 amide bonds. The highest BCUT2D eigenvalue weighted by Crippen LogP contribution is 2.32. The minimum atomic E-state index is 0.233. The molecule has 4 rings (SSSR count). The fourth-order valence-corrected chi connectivity index (χ4v) is 4.83. The zero-order valence-corrected chi connectivity index (χ0v) is 17.4. The Morgan fingerprint density at radius 2 is 1.89 bits per heavy atom. The minimum absolute atomic E-state index is 0.233. The van der Waals surface area contributed by atoms with Crippen molar-refractivity contribution in [3.8, 4) is 11.3 Å². The first-order chi connectivity index (χ1) is 13.1. The molecule has 0 spiro atoms. The van der Waals surface area contributed by atoms with Gasteiger partial charge in [0.15, 0.2) is 5.13 Å². The topological polar surface area (TPSA) is 29.9 Å². The van der Waals surface area contributed by atoms with Crippen LogP contribution < -0.4 is 5.32 Å². The molecule has 0 saturated heterocycles. The lowest BCUT2D eigenvalue weighted by Gasteiger charge is -2.12. The van der Waals surface area contributed by atoms with Crippen molar-refractivity contribution < 1.29 is 0 Å². The van der Waals surface area contributed by atoms with Gasteiger partial charge in [0.2, 0.25) is 0 Å². The molecule has 0 aliphatic carbocycles. The first-order valence-corrected chi connectivity index (χ1v) is 10.8. The van der Waals surface area contributed by atoms with Crippen molar-refractivity contribution in [1.29, 1.82) is 0 Å². The van der Waals surface area contributed by atoms with Crippen molar-refractivity contribution in [3.05, 3.63) is 81.1 Å². The molecular formula is C22H23N3S2. The summed E-state index contributed by atoms with van der Waals surface area (Å²) in [6.07, 6.45) is 0. The summed E-state index contributed by atoms with van der Waals surface area (Å²) in [5.41, 5.74) is 6.09. The highest BCUT2D eigenvalue weighted by Gasteiger charge is 2.15. The number of thiazole rings is 1. The number of anilines is 1. The predicted molar refractivity (Wildman–Crippen MR) is 117 cm³/mol. The van der Waals surface area contributed by atoms with Crippen molar-refractivity contribution in [3.63, 3.8) is 0 Å². The van der Waals surface area contributed by atoms with E-state index in [2.05, 4.69) is 83.9 Å². The van der Waals surface area contributed by atoms with Gasteiger partial charge in [0, 0.05) is 27.2 Å². The van der Waals surface area contributed by atoms with E-state index in [9.17, 15) is 0 Å². The zero-order valence-electron chi connectivity index (χ0n) is 15.8. The molecular weight excluding hydrogens is 370 g/mol. The number of aromatic nitrogens is 2. The largest absolute Gasteiger partial charge is 0.355 e. The molecule has 1 N–H and O–H groups in total. The molecule has 0 unspecified atom stereocenters. The van der Waals surface area contributed by atoms with E-state index in [1.807, 2.05) is 6.07 Å². The van der Waals surface area contributed by atoms with Crippen molar-refractivity contribution in [2.75, 3.05) is 5.32 Å². The lowest BCUT2D eigenvalue weighted by atomic mass is 10.1. The molecule has 1 atom stereocenters. The molecule has 0 aliphatic heterocycles. The standard InChI is InChI=1S/C22H23N3S2/c1-15-12-20(17(3)25(15)13-19-10-7-11-26-19)21-14-27-22(24-21)23-16(2)18-8-5-4-6-9-18/h4-12,14,16H,13H2,1-3H3,(H,23,24)/t16-/m1/s1. The van der Waals surface area contributed by atoms with E-state index in [-0.39, 0.29) is 6.04 Å². The third-order valence-corrected chi connectivity index (χ3v) is 6.52. The van der Waals surface area contributed by atoms with E-state index in [0.29, 0.717) is 0 Å². The Labute approximate surface area is 168 Å². The summed E-state index contributed by atoms with van der Waals surface area (Å²) in [7, 11) is 0. The second-order valence-electron chi connectivity index (χ2n) is 6.76. The molecule has 27 heavy (non-hydrogen) atoms. The first-order valence-electron chi connectivity index (χ1n) is 9.08. The SMILES string of the molecule is Cc1cc(-c2csc(N[C@H](C)c3ccccc3)n2)c(C)n1Cc1cccs1. The average Bonchev–Trinajstić information content (AvgIpc) is 3.41. The van der Waals surface area contributed by atoms with Gasteiger partial charge in [-0.15, -0.1) is 22.7 Å². The molecule has 3 nitrogen and oxygen atoms in total. The fraction of sp³-hybridized carbons (Fsp3) is 0.227. The maximum Gasteiger partial charge on any atom is 0.183 e. The van der Waals surface area contributed by atoms with Crippen molar-refractivity contribution in [2.24, 2.45) is 0 Å². The smallest absolute Gasteiger partial charge is 0.183 e. The Morgan fingerprint density at radius 3 is 2.63 bits per heavy atom. The van der Waals surface area contributed by atoms with Gasteiger partial charge in [0.25, 0.3) is 0 Å². The Bertz CT molecular complexity index is 1010. The fourth-order valence-electron chi connectivity index (χ4n) is 3.34. The second kappa shape index (κ2) is 7.71. The number of benzene rings is 1. The molecule has 0 radical (unpaired) electrons. The van der Waals surface area contributed by atoms with Crippen molar-refractivity contribution >= 4 is 27.8 Å². The van der Waals surface area contributed by atoms with Crippen LogP contribution in [0.25, 0.3) is 11.3 Å². The quantitative estimate of drug-likeness (QED) is 0.404. The van der Waals surface area contributed by atoms with E-state index in [0.717, 1.165) is 17.4 Å². The van der Waals surface area contributed by atoms with Gasteiger partial charge < -0.3 is 9.88 Å². The van der Waals surface area contributed by atoms with Crippen LogP contribution >= 0.6 is 22.7 Å². The van der Waals surface area contributed by atoms with Gasteiger partial charge >= 0.3 is 0 Å². The third-order valence-electron chi connectivity index (χ3n) is 4.89. The third kappa shape index (κ3) is 3.84. The molecule has 0 saturated carbocycles. The number of hydrogen-bond donors (Lipinski definition) is 1. The van der Waals surface area contributed by atoms with E-state index in [4.69, 9.17) is 4.98 Å². The summed E-state index contributed by atoms with van der Waals surface area (Å²) in [6, 6.07) is 17.3. The van der Waals surface area contributed by atoms with Gasteiger partial charge in [-0.25, -0.2) is 4.98 Å². The molecule has 0 bridgehead atoms. The highest BCUT2D eigenvalue weighted by atomic mass is 32.1. The van der Waals surface area contributed by atoms with Gasteiger partial charge in [-0.2, -0.15) is 0 Å². The molecule has 5 heteroatoms. The summed E-state index contributed by atoms with van der Waals surface area (Å²) < 4.78 is 2.38. The second-order valence-corrected chi connectivity index (χ2v) is 8.66. The van der Waals surface area contributed by atoms with Crippen LogP contribution in [0.1, 0.15) is 34.8 Å². The Morgan fingerprint density at radius 1 is 1.07 bits per heavy atom. The van der Waals surface area contributed by atoms with Crippen LogP contribution in [-0.2, 0) is 6.54 Å².